The predicted molar refractivity (Wildman–Crippen MR) is 96.8 cm³/mol. The van der Waals surface area contributed by atoms with Crippen LogP contribution in [0.1, 0.15) is 35.7 Å². The maximum absolute atomic E-state index is 12.8. The van der Waals surface area contributed by atoms with Gasteiger partial charge in [-0.15, -0.1) is 0 Å². The highest BCUT2D eigenvalue weighted by Gasteiger charge is 2.31. The number of nitrogens with zero attached hydrogens (tertiary/aromatic N) is 2. The molecule has 0 bridgehead atoms. The van der Waals surface area contributed by atoms with Crippen LogP contribution < -0.4 is 10.2 Å². The van der Waals surface area contributed by atoms with Crippen LogP contribution in [0.25, 0.3) is 0 Å². The number of rotatable bonds is 6. The van der Waals surface area contributed by atoms with E-state index < -0.39 is 17.6 Å². The van der Waals surface area contributed by atoms with Gasteiger partial charge in [0.2, 0.25) is 0 Å². The van der Waals surface area contributed by atoms with Gasteiger partial charge in [0.15, 0.2) is 0 Å². The minimum absolute atomic E-state index is 0.0236. The molecule has 1 N–H and O–H groups in total. The number of carbonyl (C=O) groups is 1. The Morgan fingerprint density at radius 1 is 1.27 bits per heavy atom. The molecule has 0 radical (unpaired) electrons. The molecule has 0 aliphatic rings. The Hall–Kier alpha value is -2.28. The van der Waals surface area contributed by atoms with Crippen molar-refractivity contribution < 1.29 is 18.0 Å². The molecule has 2 aromatic rings. The molecule has 1 aromatic carbocycles. The van der Waals surface area contributed by atoms with Gasteiger partial charge in [0, 0.05) is 19.8 Å². The smallest absolute Gasteiger partial charge is 0.373 e. The van der Waals surface area contributed by atoms with E-state index in [2.05, 4.69) is 17.2 Å². The van der Waals surface area contributed by atoms with Gasteiger partial charge in [0.25, 0.3) is 5.91 Å². The van der Waals surface area contributed by atoms with Crippen LogP contribution in [-0.2, 0) is 6.18 Å². The van der Waals surface area contributed by atoms with Crippen LogP contribution in [-0.4, -0.2) is 24.5 Å². The van der Waals surface area contributed by atoms with E-state index in [9.17, 15) is 18.0 Å². The maximum Gasteiger partial charge on any atom is 0.416 e. The molecule has 26 heavy (non-hydrogen) atoms. The number of anilines is 2. The number of aromatic nitrogens is 1. The van der Waals surface area contributed by atoms with Crippen molar-refractivity contribution in [3.63, 3.8) is 0 Å². The zero-order valence-corrected chi connectivity index (χ0v) is 15.2. The first kappa shape index (κ1) is 20.0. The molecule has 0 unspecified atom stereocenters. The average molecular weight is 386 g/mol. The monoisotopic (exact) mass is 385 g/mol. The third kappa shape index (κ3) is 5.11. The lowest BCUT2D eigenvalue weighted by Crippen LogP contribution is -2.20. The normalized spacial score (nSPS) is 11.3. The first-order valence-electron chi connectivity index (χ1n) is 8.06. The van der Waals surface area contributed by atoms with Crippen LogP contribution in [0.4, 0.5) is 24.5 Å². The van der Waals surface area contributed by atoms with Crippen LogP contribution in [0, 0.1) is 0 Å². The summed E-state index contributed by atoms with van der Waals surface area (Å²) in [5, 5.41) is 2.44. The highest BCUT2D eigenvalue weighted by Crippen LogP contribution is 2.34. The number of benzene rings is 1. The Kier molecular flexibility index (Phi) is 6.47. The standard InChI is InChI=1S/C18H19ClF3N3O/c1-3-4-7-25(2)14-8-12(10-23-11-14)17(26)24-16-9-13(18(20,21)22)5-6-15(16)19/h5-6,8-11H,3-4,7H2,1-2H3,(H,24,26). The molecule has 2 rings (SSSR count). The minimum Gasteiger partial charge on any atom is -0.373 e. The van der Waals surface area contributed by atoms with Gasteiger partial charge in [-0.25, -0.2) is 0 Å². The van der Waals surface area contributed by atoms with Gasteiger partial charge in [0.05, 0.1) is 33.7 Å². The Morgan fingerprint density at radius 3 is 2.65 bits per heavy atom. The largest absolute Gasteiger partial charge is 0.416 e. The Morgan fingerprint density at radius 2 is 2.00 bits per heavy atom. The number of unbranched alkanes of at least 4 members (excludes halogenated alkanes) is 1. The summed E-state index contributed by atoms with van der Waals surface area (Å²) in [6.45, 7) is 2.89. The lowest BCUT2D eigenvalue weighted by Gasteiger charge is -2.19. The second kappa shape index (κ2) is 8.40. The number of nitrogens with one attached hydrogen (secondary N) is 1. The van der Waals surface area contributed by atoms with Gasteiger partial charge in [-0.3, -0.25) is 9.78 Å². The first-order valence-corrected chi connectivity index (χ1v) is 8.44. The first-order chi connectivity index (χ1) is 12.2. The van der Waals surface area contributed by atoms with E-state index in [1.54, 1.807) is 12.3 Å². The van der Waals surface area contributed by atoms with Crippen molar-refractivity contribution >= 4 is 28.9 Å². The van der Waals surface area contributed by atoms with E-state index in [0.29, 0.717) is 0 Å². The van der Waals surface area contributed by atoms with Gasteiger partial charge >= 0.3 is 6.18 Å². The number of pyridine rings is 1. The van der Waals surface area contributed by atoms with E-state index in [4.69, 9.17) is 11.6 Å². The quantitative estimate of drug-likeness (QED) is 0.739. The second-order valence-corrected chi connectivity index (χ2v) is 6.26. The van der Waals surface area contributed by atoms with Gasteiger partial charge in [-0.05, 0) is 30.7 Å². The summed E-state index contributed by atoms with van der Waals surface area (Å²) < 4.78 is 38.5. The van der Waals surface area contributed by atoms with E-state index in [1.165, 1.54) is 6.20 Å². The maximum atomic E-state index is 12.8. The van der Waals surface area contributed by atoms with Crippen molar-refractivity contribution in [2.24, 2.45) is 0 Å². The van der Waals surface area contributed by atoms with Crippen molar-refractivity contribution in [2.45, 2.75) is 25.9 Å². The molecule has 0 aliphatic carbocycles. The number of halogens is 4. The lowest BCUT2D eigenvalue weighted by atomic mass is 10.1. The fraction of sp³-hybridized carbons (Fsp3) is 0.333. The molecule has 4 nitrogen and oxygen atoms in total. The molecular formula is C18H19ClF3N3O. The Bertz CT molecular complexity index is 781. The van der Waals surface area contributed by atoms with Crippen LogP contribution in [0.2, 0.25) is 5.02 Å². The topological polar surface area (TPSA) is 45.2 Å². The zero-order valence-electron chi connectivity index (χ0n) is 14.4. The summed E-state index contributed by atoms with van der Waals surface area (Å²) in [6, 6.07) is 4.42. The Balaban J connectivity index is 2.20. The van der Waals surface area contributed by atoms with E-state index in [1.807, 2.05) is 11.9 Å². The van der Waals surface area contributed by atoms with E-state index in [-0.39, 0.29) is 16.3 Å². The highest BCUT2D eigenvalue weighted by molar-refractivity contribution is 6.34. The van der Waals surface area contributed by atoms with Crippen molar-refractivity contribution in [1.82, 2.24) is 4.98 Å². The molecule has 1 heterocycles. The molecule has 1 amide bonds. The van der Waals surface area contributed by atoms with Crippen LogP contribution in [0.5, 0.6) is 0 Å². The lowest BCUT2D eigenvalue weighted by molar-refractivity contribution is -0.137. The van der Waals surface area contributed by atoms with E-state index >= 15 is 0 Å². The Labute approximate surface area is 155 Å². The summed E-state index contributed by atoms with van der Waals surface area (Å²) >= 11 is 5.91. The molecule has 140 valence electrons. The molecule has 0 atom stereocenters. The van der Waals surface area contributed by atoms with Crippen molar-refractivity contribution in [1.29, 1.82) is 0 Å². The SMILES string of the molecule is CCCCN(C)c1cncc(C(=O)Nc2cc(C(F)(F)F)ccc2Cl)c1. The molecule has 1 aromatic heterocycles. The average Bonchev–Trinajstić information content (AvgIpc) is 2.60. The molecule has 0 aliphatic heterocycles. The summed E-state index contributed by atoms with van der Waals surface area (Å²) in [6.07, 6.45) is 0.490. The summed E-state index contributed by atoms with van der Waals surface area (Å²) in [5.74, 6) is -0.579. The van der Waals surface area contributed by atoms with Crippen LogP contribution in [0.15, 0.2) is 36.7 Å². The number of hydrogen-bond donors (Lipinski definition) is 1. The highest BCUT2D eigenvalue weighted by atomic mass is 35.5. The van der Waals surface area contributed by atoms with Crippen molar-refractivity contribution in [3.05, 3.63) is 52.8 Å². The van der Waals surface area contributed by atoms with Gasteiger partial charge < -0.3 is 10.2 Å². The zero-order chi connectivity index (χ0) is 19.3. The molecule has 0 spiro atoms. The van der Waals surface area contributed by atoms with Crippen molar-refractivity contribution in [3.8, 4) is 0 Å². The minimum atomic E-state index is -4.52. The van der Waals surface area contributed by atoms with Crippen LogP contribution >= 0.6 is 11.6 Å². The fourth-order valence-electron chi connectivity index (χ4n) is 2.28. The molecule has 0 saturated heterocycles. The van der Waals surface area contributed by atoms with Crippen LogP contribution in [0.3, 0.4) is 0 Å². The van der Waals surface area contributed by atoms with E-state index in [0.717, 1.165) is 43.3 Å². The number of hydrogen-bond acceptors (Lipinski definition) is 3. The third-order valence-corrected chi connectivity index (χ3v) is 4.15. The van der Waals surface area contributed by atoms with Gasteiger partial charge in [0.1, 0.15) is 0 Å². The summed E-state index contributed by atoms with van der Waals surface area (Å²) in [5.41, 5.74) is 0.000160. The molecule has 8 heteroatoms. The van der Waals surface area contributed by atoms with Gasteiger partial charge in [-0.1, -0.05) is 24.9 Å². The fourth-order valence-corrected chi connectivity index (χ4v) is 2.44. The summed E-state index contributed by atoms with van der Waals surface area (Å²) in [7, 11) is 1.89. The second-order valence-electron chi connectivity index (χ2n) is 5.85. The number of carbonyl (C=O) groups excluding carboxylic acids is 1. The third-order valence-electron chi connectivity index (χ3n) is 3.82. The number of alkyl halides is 3. The van der Waals surface area contributed by atoms with Crippen molar-refractivity contribution in [2.75, 3.05) is 23.8 Å². The molecular weight excluding hydrogens is 367 g/mol. The molecule has 0 fully saturated rings. The summed E-state index contributed by atoms with van der Waals surface area (Å²) in [4.78, 5) is 18.4. The predicted octanol–water partition coefficient (Wildman–Crippen LogP) is 5.24. The molecule has 0 saturated carbocycles. The number of amides is 1. The van der Waals surface area contributed by atoms with Gasteiger partial charge in [-0.2, -0.15) is 13.2 Å².